The van der Waals surface area contributed by atoms with Gasteiger partial charge in [0, 0.05) is 50.1 Å². The molecule has 2 saturated heterocycles. The normalized spacial score (nSPS) is 28.4. The van der Waals surface area contributed by atoms with Crippen molar-refractivity contribution in [2.75, 3.05) is 39.5 Å². The third-order valence-corrected chi connectivity index (χ3v) is 4.73. The van der Waals surface area contributed by atoms with Crippen LogP contribution in [0.15, 0.2) is 6.07 Å². The Labute approximate surface area is 128 Å². The van der Waals surface area contributed by atoms with Gasteiger partial charge in [0.15, 0.2) is 0 Å². The third-order valence-electron chi connectivity index (χ3n) is 4.54. The zero-order valence-corrected chi connectivity index (χ0v) is 12.6. The molecule has 0 radical (unpaired) electrons. The van der Waals surface area contributed by atoms with Crippen LogP contribution in [0.5, 0.6) is 5.75 Å². The lowest BCUT2D eigenvalue weighted by Crippen LogP contribution is -2.45. The van der Waals surface area contributed by atoms with Gasteiger partial charge in [0.25, 0.3) is 0 Å². The molecule has 1 spiro atoms. The van der Waals surface area contributed by atoms with E-state index in [0.717, 1.165) is 49.5 Å². The number of aromatic nitrogens is 1. The van der Waals surface area contributed by atoms with E-state index < -0.39 is 5.60 Å². The van der Waals surface area contributed by atoms with E-state index in [1.165, 1.54) is 0 Å². The fourth-order valence-corrected chi connectivity index (χ4v) is 3.39. The smallest absolute Gasteiger partial charge is 0.136 e. The van der Waals surface area contributed by atoms with Crippen molar-refractivity contribution >= 4 is 11.6 Å². The molecule has 3 aliphatic heterocycles. The van der Waals surface area contributed by atoms with Crippen molar-refractivity contribution in [2.45, 2.75) is 18.4 Å². The summed E-state index contributed by atoms with van der Waals surface area (Å²) in [6, 6.07) is 1.83. The third kappa shape index (κ3) is 2.42. The van der Waals surface area contributed by atoms with Crippen molar-refractivity contribution in [3.05, 3.63) is 22.5 Å². The van der Waals surface area contributed by atoms with Gasteiger partial charge in [-0.3, -0.25) is 0 Å². The zero-order valence-electron chi connectivity index (χ0n) is 11.9. The number of pyridine rings is 1. The van der Waals surface area contributed by atoms with Gasteiger partial charge >= 0.3 is 0 Å². The maximum atomic E-state index is 6.21. The van der Waals surface area contributed by atoms with Crippen LogP contribution in [-0.2, 0) is 21.5 Å². The Kier molecular flexibility index (Phi) is 3.53. The lowest BCUT2D eigenvalue weighted by Gasteiger charge is -2.35. The molecule has 0 aromatic carbocycles. The summed E-state index contributed by atoms with van der Waals surface area (Å²) in [5.74, 6) is 1.46. The molecule has 2 fully saturated rings. The minimum Gasteiger partial charge on any atom is -0.493 e. The molecule has 4 heterocycles. The molecular formula is C15H19ClN2O3. The van der Waals surface area contributed by atoms with E-state index >= 15 is 0 Å². The van der Waals surface area contributed by atoms with Crippen LogP contribution in [0.3, 0.4) is 0 Å². The molecule has 0 aliphatic carbocycles. The lowest BCUT2D eigenvalue weighted by atomic mass is 9.90. The van der Waals surface area contributed by atoms with Crippen LogP contribution >= 0.6 is 11.6 Å². The predicted octanol–water partition coefficient (Wildman–Crippen LogP) is 1.52. The molecule has 1 atom stereocenters. The number of nitrogens with one attached hydrogen (secondary N) is 1. The van der Waals surface area contributed by atoms with E-state index in [4.69, 9.17) is 25.8 Å². The van der Waals surface area contributed by atoms with Gasteiger partial charge in [0.2, 0.25) is 0 Å². The summed E-state index contributed by atoms with van der Waals surface area (Å²) in [6.45, 7) is 4.73. The van der Waals surface area contributed by atoms with Crippen molar-refractivity contribution < 1.29 is 14.2 Å². The lowest BCUT2D eigenvalue weighted by molar-refractivity contribution is -0.0670. The molecule has 1 aromatic heterocycles. The Morgan fingerprint density at radius 2 is 2.33 bits per heavy atom. The Hall–Kier alpha value is -0.880. The molecule has 1 unspecified atom stereocenters. The molecule has 4 rings (SSSR count). The predicted molar refractivity (Wildman–Crippen MR) is 77.9 cm³/mol. The quantitative estimate of drug-likeness (QED) is 0.858. The summed E-state index contributed by atoms with van der Waals surface area (Å²) < 4.78 is 17.6. The highest BCUT2D eigenvalue weighted by atomic mass is 35.5. The largest absolute Gasteiger partial charge is 0.493 e. The van der Waals surface area contributed by atoms with E-state index in [9.17, 15) is 0 Å². The SMILES string of the molecule is Clc1cc(OCC2CNC2)c2c(n1)C1(CCOC1)OCC2. The summed E-state index contributed by atoms with van der Waals surface area (Å²) in [5, 5.41) is 3.72. The maximum Gasteiger partial charge on any atom is 0.136 e. The average Bonchev–Trinajstić information content (AvgIpc) is 2.88. The van der Waals surface area contributed by atoms with Crippen molar-refractivity contribution in [2.24, 2.45) is 5.92 Å². The Morgan fingerprint density at radius 1 is 1.43 bits per heavy atom. The van der Waals surface area contributed by atoms with Crippen LogP contribution in [0.1, 0.15) is 17.7 Å². The first-order chi connectivity index (χ1) is 10.3. The van der Waals surface area contributed by atoms with E-state index in [1.807, 2.05) is 6.07 Å². The van der Waals surface area contributed by atoms with Gasteiger partial charge in [-0.1, -0.05) is 11.6 Å². The van der Waals surface area contributed by atoms with Gasteiger partial charge in [-0.25, -0.2) is 4.98 Å². The van der Waals surface area contributed by atoms with Crippen LogP contribution in [0.4, 0.5) is 0 Å². The fraction of sp³-hybridized carbons (Fsp3) is 0.667. The Bertz CT molecular complexity index is 542. The number of nitrogens with zero attached hydrogens (tertiary/aromatic N) is 1. The summed E-state index contributed by atoms with van der Waals surface area (Å²) in [5.41, 5.74) is 1.64. The standard InChI is InChI=1S/C15H19ClN2O3/c16-13-5-12(20-8-10-6-17-7-10)11-1-3-21-15(14(11)18-13)2-4-19-9-15/h5,10,17H,1-4,6-9H2. The van der Waals surface area contributed by atoms with E-state index in [2.05, 4.69) is 10.3 Å². The molecule has 5 nitrogen and oxygen atoms in total. The molecule has 0 amide bonds. The summed E-state index contributed by atoms with van der Waals surface area (Å²) in [7, 11) is 0. The van der Waals surface area contributed by atoms with E-state index in [0.29, 0.717) is 30.9 Å². The fourth-order valence-electron chi connectivity index (χ4n) is 3.20. The highest BCUT2D eigenvalue weighted by molar-refractivity contribution is 6.29. The van der Waals surface area contributed by atoms with Gasteiger partial charge in [-0.05, 0) is 0 Å². The molecule has 114 valence electrons. The Morgan fingerprint density at radius 3 is 3.05 bits per heavy atom. The second-order valence-electron chi connectivity index (χ2n) is 6.00. The van der Waals surface area contributed by atoms with Crippen molar-refractivity contribution in [3.63, 3.8) is 0 Å². The van der Waals surface area contributed by atoms with Crippen LogP contribution in [0.2, 0.25) is 5.15 Å². The van der Waals surface area contributed by atoms with Crippen molar-refractivity contribution in [3.8, 4) is 5.75 Å². The molecule has 1 N–H and O–H groups in total. The number of rotatable bonds is 3. The van der Waals surface area contributed by atoms with Crippen LogP contribution in [-0.4, -0.2) is 44.5 Å². The maximum absolute atomic E-state index is 6.21. The number of hydrogen-bond acceptors (Lipinski definition) is 5. The first-order valence-electron chi connectivity index (χ1n) is 7.52. The van der Waals surface area contributed by atoms with E-state index in [-0.39, 0.29) is 0 Å². The van der Waals surface area contributed by atoms with Crippen molar-refractivity contribution in [1.29, 1.82) is 0 Å². The van der Waals surface area contributed by atoms with Crippen molar-refractivity contribution in [1.82, 2.24) is 10.3 Å². The zero-order chi connectivity index (χ0) is 14.3. The number of fused-ring (bicyclic) bond motifs is 2. The van der Waals surface area contributed by atoms with Gasteiger partial charge in [-0.2, -0.15) is 0 Å². The van der Waals surface area contributed by atoms with E-state index in [1.54, 1.807) is 0 Å². The topological polar surface area (TPSA) is 52.6 Å². The first-order valence-corrected chi connectivity index (χ1v) is 7.90. The molecule has 3 aliphatic rings. The molecule has 0 bridgehead atoms. The first kappa shape index (κ1) is 13.8. The number of ether oxygens (including phenoxy) is 3. The number of hydrogen-bond donors (Lipinski definition) is 1. The minimum absolute atomic E-state index is 0.422. The molecular weight excluding hydrogens is 292 g/mol. The van der Waals surface area contributed by atoms with Gasteiger partial charge in [-0.15, -0.1) is 0 Å². The molecule has 0 saturated carbocycles. The minimum atomic E-state index is -0.422. The average molecular weight is 311 g/mol. The van der Waals surface area contributed by atoms with Gasteiger partial charge < -0.3 is 19.5 Å². The van der Waals surface area contributed by atoms with Gasteiger partial charge in [0.05, 0.1) is 25.5 Å². The monoisotopic (exact) mass is 310 g/mol. The van der Waals surface area contributed by atoms with Crippen LogP contribution in [0.25, 0.3) is 0 Å². The second kappa shape index (κ2) is 5.39. The summed E-state index contributed by atoms with van der Waals surface area (Å²) in [6.07, 6.45) is 1.65. The van der Waals surface area contributed by atoms with Crippen LogP contribution in [0, 0.1) is 5.92 Å². The van der Waals surface area contributed by atoms with Gasteiger partial charge in [0.1, 0.15) is 16.5 Å². The molecule has 1 aromatic rings. The summed E-state index contributed by atoms with van der Waals surface area (Å²) in [4.78, 5) is 4.54. The Balaban J connectivity index is 1.66. The van der Waals surface area contributed by atoms with Crippen LogP contribution < -0.4 is 10.1 Å². The molecule has 6 heteroatoms. The highest BCUT2D eigenvalue weighted by Gasteiger charge is 2.44. The molecule has 21 heavy (non-hydrogen) atoms. The summed E-state index contributed by atoms with van der Waals surface area (Å²) >= 11 is 6.21. The highest BCUT2D eigenvalue weighted by Crippen LogP contribution is 2.42. The number of halogens is 1. The second-order valence-corrected chi connectivity index (χ2v) is 6.39.